The van der Waals surface area contributed by atoms with Gasteiger partial charge >= 0.3 is 5.97 Å². The second-order valence-electron chi connectivity index (χ2n) is 8.90. The van der Waals surface area contributed by atoms with Crippen LogP contribution in [0.3, 0.4) is 0 Å². The average molecular weight is 533 g/mol. The minimum absolute atomic E-state index is 0.0391. The van der Waals surface area contributed by atoms with Gasteiger partial charge in [0, 0.05) is 46.8 Å². The molecule has 1 aromatic carbocycles. The zero-order valence-corrected chi connectivity index (χ0v) is 21.6. The highest BCUT2D eigenvalue weighted by Gasteiger charge is 2.30. The van der Waals surface area contributed by atoms with Gasteiger partial charge in [-0.3, -0.25) is 4.79 Å². The second-order valence-corrected chi connectivity index (χ2v) is 9.90. The van der Waals surface area contributed by atoms with Gasteiger partial charge in [-0.25, -0.2) is 18.7 Å². The fourth-order valence-corrected chi connectivity index (χ4v) is 5.57. The van der Waals surface area contributed by atoms with Gasteiger partial charge in [0.05, 0.1) is 17.3 Å². The number of fused-ring (bicyclic) bond motifs is 2. The van der Waals surface area contributed by atoms with E-state index in [1.165, 1.54) is 22.6 Å². The topological polar surface area (TPSA) is 124 Å². The Hall–Kier alpha value is -4.38. The molecule has 3 N–H and O–H groups in total. The van der Waals surface area contributed by atoms with E-state index in [0.717, 1.165) is 18.3 Å². The lowest BCUT2D eigenvalue weighted by Gasteiger charge is -2.33. The number of amides is 1. The first kappa shape index (κ1) is 25.3. The Morgan fingerprint density at radius 1 is 1.29 bits per heavy atom. The molecular weight excluding hydrogens is 507 g/mol. The molecule has 0 aliphatic carbocycles. The maximum Gasteiger partial charge on any atom is 0.338 e. The molecule has 4 heterocycles. The predicted octanol–water partition coefficient (Wildman–Crippen LogP) is 4.95. The largest absolute Gasteiger partial charge is 0.478 e. The normalized spacial score (nSPS) is 15.4. The summed E-state index contributed by atoms with van der Waals surface area (Å²) in [5.41, 5.74) is 3.38. The summed E-state index contributed by atoms with van der Waals surface area (Å²) >= 11 is 1.72. The van der Waals surface area contributed by atoms with E-state index in [1.54, 1.807) is 34.1 Å². The van der Waals surface area contributed by atoms with E-state index < -0.39 is 11.8 Å². The van der Waals surface area contributed by atoms with Crippen LogP contribution in [0.2, 0.25) is 0 Å². The molecule has 1 atom stereocenters. The maximum atomic E-state index is 15.0. The average Bonchev–Trinajstić information content (AvgIpc) is 3.56. The number of thiophene rings is 1. The Balaban J connectivity index is 1.45. The number of anilines is 1. The summed E-state index contributed by atoms with van der Waals surface area (Å²) < 4.78 is 16.7. The minimum Gasteiger partial charge on any atom is -0.478 e. The van der Waals surface area contributed by atoms with Gasteiger partial charge in [0.2, 0.25) is 0 Å². The van der Waals surface area contributed by atoms with Gasteiger partial charge in [-0.15, -0.1) is 11.3 Å². The third kappa shape index (κ3) is 4.56. The number of rotatable bonds is 7. The minimum atomic E-state index is -1.27. The highest BCUT2D eigenvalue weighted by molar-refractivity contribution is 7.10. The number of hydrogen-bond acceptors (Lipinski definition) is 7. The lowest BCUT2D eigenvalue weighted by Crippen LogP contribution is -2.38. The molecule has 1 amide bonds. The van der Waals surface area contributed by atoms with Crippen LogP contribution in [0.4, 0.5) is 10.1 Å². The number of hydrogen-bond donors (Lipinski definition) is 3. The van der Waals surface area contributed by atoms with Gasteiger partial charge in [-0.1, -0.05) is 6.92 Å². The smallest absolute Gasteiger partial charge is 0.338 e. The van der Waals surface area contributed by atoms with Crippen molar-refractivity contribution in [2.45, 2.75) is 32.7 Å². The molecule has 194 valence electrons. The van der Waals surface area contributed by atoms with Crippen molar-refractivity contribution >= 4 is 40.8 Å². The van der Waals surface area contributed by atoms with Crippen LogP contribution in [-0.4, -0.2) is 49.2 Å². The van der Waals surface area contributed by atoms with Crippen molar-refractivity contribution in [3.8, 4) is 11.3 Å². The number of carboxylic acid groups (broad SMARTS) is 1. The third-order valence-corrected chi connectivity index (χ3v) is 7.66. The molecule has 0 fully saturated rings. The summed E-state index contributed by atoms with van der Waals surface area (Å²) in [6.45, 7) is 4.62. The van der Waals surface area contributed by atoms with E-state index in [0.29, 0.717) is 41.9 Å². The summed E-state index contributed by atoms with van der Waals surface area (Å²) in [5, 5.41) is 25.4. The maximum absolute atomic E-state index is 15.0. The molecule has 38 heavy (non-hydrogen) atoms. The standard InChI is InChI=1S/C27H25FN6O3S/c1-3-18-11-23(26(35)33-8-6-24-19(15(33)2)7-9-38-24)31-25-12-22(32-34(18)25)20-5-4-17(10-21(20)28)30-14-16(13-29)27(36)37/h4-5,7,9-15,29-30H,3,6,8H2,1-2H3,(H,36,37)/b16-14+,29-13?/t15-/m1/s1. The quantitative estimate of drug-likeness (QED) is 0.229. The number of aryl methyl sites for hydroxylation is 1. The van der Waals surface area contributed by atoms with Crippen LogP contribution in [0.15, 0.2) is 53.6 Å². The Morgan fingerprint density at radius 2 is 2.11 bits per heavy atom. The molecule has 0 unspecified atom stereocenters. The predicted molar refractivity (Wildman–Crippen MR) is 143 cm³/mol. The molecule has 1 aliphatic heterocycles. The van der Waals surface area contributed by atoms with Crippen LogP contribution in [0.25, 0.3) is 16.9 Å². The third-order valence-electron chi connectivity index (χ3n) is 6.66. The Kier molecular flexibility index (Phi) is 6.77. The van der Waals surface area contributed by atoms with E-state index in [2.05, 4.69) is 26.8 Å². The number of benzene rings is 1. The highest BCUT2D eigenvalue weighted by atomic mass is 32.1. The molecule has 4 aromatic rings. The molecule has 0 saturated carbocycles. The molecule has 0 saturated heterocycles. The Morgan fingerprint density at radius 3 is 2.82 bits per heavy atom. The zero-order chi connectivity index (χ0) is 27.0. The van der Waals surface area contributed by atoms with Crippen LogP contribution in [0, 0.1) is 11.2 Å². The molecular formula is C27H25FN6O3S. The fourth-order valence-electron chi connectivity index (χ4n) is 4.60. The van der Waals surface area contributed by atoms with E-state index in [-0.39, 0.29) is 23.1 Å². The number of carbonyl (C=O) groups excluding carboxylic acids is 1. The van der Waals surface area contributed by atoms with Crippen molar-refractivity contribution in [1.29, 1.82) is 5.41 Å². The summed E-state index contributed by atoms with van der Waals surface area (Å²) in [6.07, 6.45) is 3.23. The zero-order valence-electron chi connectivity index (χ0n) is 20.7. The molecule has 5 rings (SSSR count). The summed E-state index contributed by atoms with van der Waals surface area (Å²) in [6, 6.07) is 9.77. The van der Waals surface area contributed by atoms with Crippen LogP contribution in [0.5, 0.6) is 0 Å². The van der Waals surface area contributed by atoms with Crippen molar-refractivity contribution < 1.29 is 19.1 Å². The number of carboxylic acids is 1. The van der Waals surface area contributed by atoms with Crippen molar-refractivity contribution in [3.63, 3.8) is 0 Å². The van der Waals surface area contributed by atoms with E-state index in [4.69, 9.17) is 10.5 Å². The number of nitrogens with zero attached hydrogens (tertiary/aromatic N) is 4. The van der Waals surface area contributed by atoms with Crippen molar-refractivity contribution in [1.82, 2.24) is 19.5 Å². The number of carbonyl (C=O) groups is 2. The molecule has 1 aliphatic rings. The van der Waals surface area contributed by atoms with Crippen molar-refractivity contribution in [2.75, 3.05) is 11.9 Å². The number of halogens is 1. The van der Waals surface area contributed by atoms with E-state index >= 15 is 4.39 Å². The van der Waals surface area contributed by atoms with Gasteiger partial charge in [-0.2, -0.15) is 5.10 Å². The van der Waals surface area contributed by atoms with Crippen LogP contribution in [-0.2, 0) is 17.6 Å². The number of aliphatic carboxylic acids is 1. The van der Waals surface area contributed by atoms with Gasteiger partial charge in [0.25, 0.3) is 5.91 Å². The van der Waals surface area contributed by atoms with Crippen molar-refractivity contribution in [2.24, 2.45) is 0 Å². The first-order valence-electron chi connectivity index (χ1n) is 12.1. The number of nitrogens with one attached hydrogen (secondary N) is 2. The van der Waals surface area contributed by atoms with E-state index in [1.807, 2.05) is 18.7 Å². The molecule has 0 spiro atoms. The lowest BCUT2D eigenvalue weighted by molar-refractivity contribution is -0.132. The Labute approximate surface area is 221 Å². The van der Waals surface area contributed by atoms with Gasteiger partial charge < -0.3 is 20.7 Å². The molecule has 3 aromatic heterocycles. The van der Waals surface area contributed by atoms with Gasteiger partial charge in [0.15, 0.2) is 5.65 Å². The number of aromatic nitrogens is 3. The van der Waals surface area contributed by atoms with Crippen LogP contribution in [0.1, 0.15) is 46.5 Å². The first-order chi connectivity index (χ1) is 18.3. The van der Waals surface area contributed by atoms with Crippen molar-refractivity contribution in [3.05, 3.63) is 81.2 Å². The summed E-state index contributed by atoms with van der Waals surface area (Å²) in [7, 11) is 0. The SMILES string of the molecule is CCc1cc(C(=O)N2CCc3sccc3[C@H]2C)nc2cc(-c3ccc(N/C=C(\C=N)C(=O)O)cc3F)nn12. The van der Waals surface area contributed by atoms with Crippen LogP contribution < -0.4 is 5.32 Å². The first-order valence-corrected chi connectivity index (χ1v) is 13.0. The summed E-state index contributed by atoms with van der Waals surface area (Å²) in [4.78, 5) is 32.3. The van der Waals surface area contributed by atoms with Crippen LogP contribution >= 0.6 is 11.3 Å². The molecule has 0 radical (unpaired) electrons. The highest BCUT2D eigenvalue weighted by Crippen LogP contribution is 2.34. The summed E-state index contributed by atoms with van der Waals surface area (Å²) in [5.74, 6) is -1.98. The Bertz CT molecular complexity index is 1610. The fraction of sp³-hybridized carbons (Fsp3) is 0.222. The van der Waals surface area contributed by atoms with E-state index in [9.17, 15) is 9.59 Å². The lowest BCUT2D eigenvalue weighted by atomic mass is 10.0. The molecule has 9 nitrogen and oxygen atoms in total. The van der Waals surface area contributed by atoms with Gasteiger partial charge in [-0.05, 0) is 61.0 Å². The monoisotopic (exact) mass is 532 g/mol. The second kappa shape index (κ2) is 10.2. The van der Waals surface area contributed by atoms with Gasteiger partial charge in [0.1, 0.15) is 11.5 Å². The molecule has 0 bridgehead atoms. The molecule has 11 heteroatoms.